The van der Waals surface area contributed by atoms with Crippen LogP contribution >= 0.6 is 0 Å². The van der Waals surface area contributed by atoms with E-state index in [-0.39, 0.29) is 12.5 Å². The molecule has 1 aromatic carbocycles. The van der Waals surface area contributed by atoms with Gasteiger partial charge < -0.3 is 14.7 Å². The highest BCUT2D eigenvalue weighted by atomic mass is 16.5. The van der Waals surface area contributed by atoms with Crippen LogP contribution in [0.2, 0.25) is 0 Å². The molecule has 0 aliphatic heterocycles. The minimum atomic E-state index is -0.637. The average molecular weight is 251 g/mol. The van der Waals surface area contributed by atoms with E-state index >= 15 is 0 Å². The van der Waals surface area contributed by atoms with Crippen molar-refractivity contribution in [3.63, 3.8) is 0 Å². The molecule has 100 valence electrons. The molecular weight excluding hydrogens is 230 g/mol. The Morgan fingerprint density at radius 3 is 2.39 bits per heavy atom. The second-order valence-electron chi connectivity index (χ2n) is 4.89. The minimum absolute atomic E-state index is 0.0968. The van der Waals surface area contributed by atoms with Gasteiger partial charge in [0.25, 0.3) is 5.91 Å². The summed E-state index contributed by atoms with van der Waals surface area (Å²) in [4.78, 5) is 13.9. The summed E-state index contributed by atoms with van der Waals surface area (Å²) in [5.74, 6) is -0.164. The van der Waals surface area contributed by atoms with E-state index in [1.54, 1.807) is 7.05 Å². The second-order valence-corrected chi connectivity index (χ2v) is 4.89. The van der Waals surface area contributed by atoms with Gasteiger partial charge in [0.05, 0.1) is 12.1 Å². The molecule has 4 nitrogen and oxygen atoms in total. The monoisotopic (exact) mass is 251 g/mol. The van der Waals surface area contributed by atoms with Crippen LogP contribution in [0, 0.1) is 0 Å². The van der Waals surface area contributed by atoms with Gasteiger partial charge >= 0.3 is 0 Å². The van der Waals surface area contributed by atoms with Crippen LogP contribution in [-0.2, 0) is 9.53 Å². The lowest BCUT2D eigenvalue weighted by atomic mass is 10.0. The van der Waals surface area contributed by atoms with Gasteiger partial charge in [0.1, 0.15) is 0 Å². The molecule has 1 atom stereocenters. The number of amides is 1. The first-order valence-electron chi connectivity index (χ1n) is 5.90. The number of nitrogens with zero attached hydrogens (tertiary/aromatic N) is 1. The summed E-state index contributed by atoms with van der Waals surface area (Å²) in [5, 5.41) is 9.30. The number of carbonyl (C=O) groups excluding carboxylic acids is 1. The Kier molecular flexibility index (Phi) is 4.87. The van der Waals surface area contributed by atoms with Crippen LogP contribution in [0.15, 0.2) is 30.3 Å². The zero-order valence-electron chi connectivity index (χ0n) is 11.4. The molecule has 1 unspecified atom stereocenters. The number of likely N-dealkylation sites (N-methyl/N-ethyl adjacent to an activating group) is 1. The summed E-state index contributed by atoms with van der Waals surface area (Å²) in [6.07, 6.45) is -0.637. The standard InChI is InChI=1S/C14H21NO3/c1-14(2,10-16)15(3)13(17)12(18-4)11-8-6-5-7-9-11/h5-9,12,16H,10H2,1-4H3. The van der Waals surface area contributed by atoms with Crippen molar-refractivity contribution < 1.29 is 14.6 Å². The third-order valence-electron chi connectivity index (χ3n) is 3.19. The number of hydrogen-bond donors (Lipinski definition) is 1. The van der Waals surface area contributed by atoms with Crippen LogP contribution in [0.3, 0.4) is 0 Å². The average Bonchev–Trinajstić information content (AvgIpc) is 2.39. The topological polar surface area (TPSA) is 49.8 Å². The van der Waals surface area contributed by atoms with Crippen molar-refractivity contribution in [3.05, 3.63) is 35.9 Å². The van der Waals surface area contributed by atoms with Crippen LogP contribution in [0.5, 0.6) is 0 Å². The molecule has 1 amide bonds. The normalized spacial score (nSPS) is 13.2. The maximum atomic E-state index is 12.4. The molecule has 1 rings (SSSR count). The molecule has 0 spiro atoms. The molecule has 0 aliphatic carbocycles. The SMILES string of the molecule is COC(C(=O)N(C)C(C)(C)CO)c1ccccc1. The molecule has 1 aromatic rings. The summed E-state index contributed by atoms with van der Waals surface area (Å²) >= 11 is 0. The number of aliphatic hydroxyl groups is 1. The van der Waals surface area contributed by atoms with Crippen molar-refractivity contribution in [1.29, 1.82) is 0 Å². The largest absolute Gasteiger partial charge is 0.394 e. The van der Waals surface area contributed by atoms with Gasteiger partial charge in [0.2, 0.25) is 0 Å². The predicted octanol–water partition coefficient (Wildman–Crippen LogP) is 1.60. The van der Waals surface area contributed by atoms with E-state index in [2.05, 4.69) is 0 Å². The third-order valence-corrected chi connectivity index (χ3v) is 3.19. The van der Waals surface area contributed by atoms with E-state index in [1.807, 2.05) is 44.2 Å². The van der Waals surface area contributed by atoms with Gasteiger partial charge in [0, 0.05) is 14.2 Å². The van der Waals surface area contributed by atoms with Gasteiger partial charge in [0.15, 0.2) is 6.10 Å². The molecule has 0 fully saturated rings. The fraction of sp³-hybridized carbons (Fsp3) is 0.500. The summed E-state index contributed by atoms with van der Waals surface area (Å²) in [6.45, 7) is 3.52. The first kappa shape index (κ1) is 14.7. The first-order chi connectivity index (χ1) is 8.44. The molecule has 4 heteroatoms. The Balaban J connectivity index is 2.94. The van der Waals surface area contributed by atoms with Gasteiger partial charge in [-0.25, -0.2) is 0 Å². The number of benzene rings is 1. The van der Waals surface area contributed by atoms with E-state index in [1.165, 1.54) is 12.0 Å². The second kappa shape index (κ2) is 5.98. The number of rotatable bonds is 5. The van der Waals surface area contributed by atoms with Gasteiger partial charge in [-0.05, 0) is 19.4 Å². The van der Waals surface area contributed by atoms with Crippen LogP contribution < -0.4 is 0 Å². The molecule has 18 heavy (non-hydrogen) atoms. The van der Waals surface area contributed by atoms with Crippen molar-refractivity contribution >= 4 is 5.91 Å². The van der Waals surface area contributed by atoms with E-state index in [4.69, 9.17) is 4.74 Å². The van der Waals surface area contributed by atoms with Crippen molar-refractivity contribution in [3.8, 4) is 0 Å². The number of methoxy groups -OCH3 is 1. The smallest absolute Gasteiger partial charge is 0.256 e. The lowest BCUT2D eigenvalue weighted by Gasteiger charge is -2.36. The predicted molar refractivity (Wildman–Crippen MR) is 70.1 cm³/mol. The van der Waals surface area contributed by atoms with E-state index in [0.29, 0.717) is 0 Å². The lowest BCUT2D eigenvalue weighted by molar-refractivity contribution is -0.147. The fourth-order valence-electron chi connectivity index (χ4n) is 1.59. The summed E-state index contributed by atoms with van der Waals surface area (Å²) in [6, 6.07) is 9.33. The highest BCUT2D eigenvalue weighted by Crippen LogP contribution is 2.22. The number of carbonyl (C=O) groups is 1. The third kappa shape index (κ3) is 3.09. The first-order valence-corrected chi connectivity index (χ1v) is 5.90. The summed E-state index contributed by atoms with van der Waals surface area (Å²) in [7, 11) is 3.18. The van der Waals surface area contributed by atoms with Crippen LogP contribution in [0.4, 0.5) is 0 Å². The molecular formula is C14H21NO3. The molecule has 0 radical (unpaired) electrons. The number of aliphatic hydroxyl groups excluding tert-OH is 1. The zero-order chi connectivity index (χ0) is 13.8. The lowest BCUT2D eigenvalue weighted by Crippen LogP contribution is -2.49. The fourth-order valence-corrected chi connectivity index (χ4v) is 1.59. The molecule has 0 bridgehead atoms. The van der Waals surface area contributed by atoms with Crippen molar-refractivity contribution in [2.24, 2.45) is 0 Å². The Morgan fingerprint density at radius 1 is 1.39 bits per heavy atom. The van der Waals surface area contributed by atoms with Gasteiger partial charge in [-0.1, -0.05) is 30.3 Å². The van der Waals surface area contributed by atoms with E-state index < -0.39 is 11.6 Å². The molecule has 0 saturated heterocycles. The van der Waals surface area contributed by atoms with E-state index in [0.717, 1.165) is 5.56 Å². The Bertz CT molecular complexity index is 389. The van der Waals surface area contributed by atoms with Gasteiger partial charge in [-0.3, -0.25) is 4.79 Å². The van der Waals surface area contributed by atoms with Crippen LogP contribution in [0.25, 0.3) is 0 Å². The van der Waals surface area contributed by atoms with Crippen molar-refractivity contribution in [2.45, 2.75) is 25.5 Å². The zero-order valence-corrected chi connectivity index (χ0v) is 11.4. The molecule has 0 aromatic heterocycles. The maximum absolute atomic E-state index is 12.4. The summed E-state index contributed by atoms with van der Waals surface area (Å²) < 4.78 is 5.29. The minimum Gasteiger partial charge on any atom is -0.394 e. The molecule has 0 heterocycles. The maximum Gasteiger partial charge on any atom is 0.256 e. The number of ether oxygens (including phenoxy) is 1. The highest BCUT2D eigenvalue weighted by Gasteiger charge is 2.32. The molecule has 1 N–H and O–H groups in total. The van der Waals surface area contributed by atoms with Crippen molar-refractivity contribution in [2.75, 3.05) is 20.8 Å². The Morgan fingerprint density at radius 2 is 1.94 bits per heavy atom. The summed E-state index contributed by atoms with van der Waals surface area (Å²) in [5.41, 5.74) is 0.202. The van der Waals surface area contributed by atoms with Crippen LogP contribution in [0.1, 0.15) is 25.5 Å². The van der Waals surface area contributed by atoms with Crippen molar-refractivity contribution in [1.82, 2.24) is 4.90 Å². The molecule has 0 saturated carbocycles. The number of hydrogen-bond acceptors (Lipinski definition) is 3. The van der Waals surface area contributed by atoms with Crippen LogP contribution in [-0.4, -0.2) is 42.2 Å². The Hall–Kier alpha value is -1.39. The molecule has 0 aliphatic rings. The Labute approximate surface area is 108 Å². The van der Waals surface area contributed by atoms with Gasteiger partial charge in [-0.15, -0.1) is 0 Å². The van der Waals surface area contributed by atoms with Gasteiger partial charge in [-0.2, -0.15) is 0 Å². The van der Waals surface area contributed by atoms with E-state index in [9.17, 15) is 9.90 Å². The highest BCUT2D eigenvalue weighted by molar-refractivity contribution is 5.82. The quantitative estimate of drug-likeness (QED) is 0.865.